The molecule has 6 nitrogen and oxygen atoms in total. The number of H-pyrrole nitrogens is 1. The van der Waals surface area contributed by atoms with Crippen molar-refractivity contribution in [2.75, 3.05) is 24.5 Å². The lowest BCUT2D eigenvalue weighted by Crippen LogP contribution is -2.48. The number of piperidine rings is 1. The largest absolute Gasteiger partial charge is 0.378 e. The molecule has 1 aliphatic carbocycles. The number of likely N-dealkylation sites (tertiary alicyclic amines) is 1. The molecule has 3 aliphatic rings. The van der Waals surface area contributed by atoms with Crippen molar-refractivity contribution < 1.29 is 9.90 Å². The number of amides is 1. The number of rotatable bonds is 4. The first-order valence-electron chi connectivity index (χ1n) is 10.00. The van der Waals surface area contributed by atoms with Gasteiger partial charge >= 0.3 is 0 Å². The molecule has 1 spiro atoms. The Morgan fingerprint density at radius 3 is 2.41 bits per heavy atom. The highest BCUT2D eigenvalue weighted by Crippen LogP contribution is 2.45. The number of hydrogen-bond acceptors (Lipinski definition) is 4. The monoisotopic (exact) mass is 366 g/mol. The zero-order chi connectivity index (χ0) is 18.4. The van der Waals surface area contributed by atoms with E-state index in [0.29, 0.717) is 5.92 Å². The minimum Gasteiger partial charge on any atom is -0.378 e. The van der Waals surface area contributed by atoms with Crippen LogP contribution in [-0.4, -0.2) is 52.0 Å². The second-order valence-corrected chi connectivity index (χ2v) is 8.31. The molecule has 3 heterocycles. The number of carbonyl (C=O) groups excluding carboxylic acids is 1. The van der Waals surface area contributed by atoms with Crippen molar-refractivity contribution >= 4 is 11.6 Å². The summed E-state index contributed by atoms with van der Waals surface area (Å²) in [6.07, 6.45) is 8.30. The minimum absolute atomic E-state index is 0.233. The molecule has 5 rings (SSSR count). The third-order valence-corrected chi connectivity index (χ3v) is 6.70. The molecule has 1 amide bonds. The van der Waals surface area contributed by atoms with Crippen LogP contribution in [0, 0.1) is 11.3 Å². The van der Waals surface area contributed by atoms with Gasteiger partial charge in [-0.1, -0.05) is 12.1 Å². The Morgan fingerprint density at radius 2 is 1.78 bits per heavy atom. The third-order valence-electron chi connectivity index (χ3n) is 6.70. The number of nitrogens with zero attached hydrogens (tertiary/aromatic N) is 3. The number of aliphatic hydroxyl groups excluding tert-OH is 1. The molecule has 6 heteroatoms. The van der Waals surface area contributed by atoms with Crippen LogP contribution in [0.25, 0.3) is 11.1 Å². The standard InChI is InChI=1S/C21H26N4O2/c26-19(16-1-2-16)24-10-7-21(8-11-24)9-12-25(20(21)27)18-5-3-15(4-6-18)17-13-22-23-14-17/h3-6,13-14,16,19,26H,1-2,7-12H2,(H,22,23). The van der Waals surface area contributed by atoms with Crippen molar-refractivity contribution in [1.82, 2.24) is 15.1 Å². The summed E-state index contributed by atoms with van der Waals surface area (Å²) in [5, 5.41) is 17.2. The van der Waals surface area contributed by atoms with Crippen LogP contribution in [0.4, 0.5) is 5.69 Å². The molecule has 1 atom stereocenters. The van der Waals surface area contributed by atoms with Gasteiger partial charge in [0.05, 0.1) is 11.6 Å². The van der Waals surface area contributed by atoms with E-state index < -0.39 is 0 Å². The molecule has 2 aromatic rings. The number of anilines is 1. The second kappa shape index (κ2) is 6.46. The normalized spacial score (nSPS) is 23.9. The molecule has 1 saturated carbocycles. The van der Waals surface area contributed by atoms with Crippen molar-refractivity contribution in [3.8, 4) is 11.1 Å². The first kappa shape index (κ1) is 17.0. The minimum atomic E-state index is -0.301. The molecule has 2 N–H and O–H groups in total. The van der Waals surface area contributed by atoms with E-state index in [1.807, 2.05) is 35.4 Å². The van der Waals surface area contributed by atoms with Crippen LogP contribution in [-0.2, 0) is 4.79 Å². The summed E-state index contributed by atoms with van der Waals surface area (Å²) < 4.78 is 0. The van der Waals surface area contributed by atoms with E-state index in [-0.39, 0.29) is 17.6 Å². The maximum absolute atomic E-state index is 13.2. The van der Waals surface area contributed by atoms with E-state index in [0.717, 1.165) is 68.6 Å². The lowest BCUT2D eigenvalue weighted by atomic mass is 9.77. The predicted molar refractivity (Wildman–Crippen MR) is 103 cm³/mol. The predicted octanol–water partition coefficient (Wildman–Crippen LogP) is 2.62. The molecule has 27 heavy (non-hydrogen) atoms. The van der Waals surface area contributed by atoms with Crippen LogP contribution < -0.4 is 4.90 Å². The van der Waals surface area contributed by atoms with Gasteiger partial charge in [0.15, 0.2) is 0 Å². The van der Waals surface area contributed by atoms with E-state index in [9.17, 15) is 9.90 Å². The number of hydrogen-bond donors (Lipinski definition) is 2. The fourth-order valence-electron chi connectivity index (χ4n) is 4.68. The van der Waals surface area contributed by atoms with Crippen LogP contribution in [0.3, 0.4) is 0 Å². The fourth-order valence-corrected chi connectivity index (χ4v) is 4.68. The molecule has 1 aromatic heterocycles. The molecule has 2 saturated heterocycles. The number of aromatic nitrogens is 2. The van der Waals surface area contributed by atoms with E-state index in [2.05, 4.69) is 15.1 Å². The van der Waals surface area contributed by atoms with Gasteiger partial charge in [-0.3, -0.25) is 14.8 Å². The van der Waals surface area contributed by atoms with E-state index in [4.69, 9.17) is 0 Å². The number of nitrogens with one attached hydrogen (secondary N) is 1. The van der Waals surface area contributed by atoms with Gasteiger partial charge in [0.25, 0.3) is 0 Å². The number of benzene rings is 1. The Bertz CT molecular complexity index is 805. The molecule has 3 fully saturated rings. The van der Waals surface area contributed by atoms with E-state index in [1.54, 1.807) is 6.20 Å². The Hall–Kier alpha value is -2.18. The van der Waals surface area contributed by atoms with E-state index >= 15 is 0 Å². The van der Waals surface area contributed by atoms with Crippen molar-refractivity contribution in [2.45, 2.75) is 38.3 Å². The highest BCUT2D eigenvalue weighted by molar-refractivity contribution is 6.00. The number of aromatic amines is 1. The van der Waals surface area contributed by atoms with Gasteiger partial charge in [-0.25, -0.2) is 0 Å². The Labute approximate surface area is 159 Å². The van der Waals surface area contributed by atoms with Crippen molar-refractivity contribution in [2.24, 2.45) is 11.3 Å². The van der Waals surface area contributed by atoms with Gasteiger partial charge in [-0.2, -0.15) is 5.10 Å². The molecule has 1 aromatic carbocycles. The quantitative estimate of drug-likeness (QED) is 0.873. The van der Waals surface area contributed by atoms with Crippen LogP contribution in [0.2, 0.25) is 0 Å². The summed E-state index contributed by atoms with van der Waals surface area (Å²) >= 11 is 0. The first-order valence-corrected chi connectivity index (χ1v) is 10.00. The highest BCUT2D eigenvalue weighted by atomic mass is 16.3. The fraction of sp³-hybridized carbons (Fsp3) is 0.524. The van der Waals surface area contributed by atoms with Gasteiger partial charge in [-0.15, -0.1) is 0 Å². The molecule has 0 bridgehead atoms. The average molecular weight is 366 g/mol. The topological polar surface area (TPSA) is 72.5 Å². The first-order chi connectivity index (χ1) is 13.2. The van der Waals surface area contributed by atoms with Gasteiger partial charge in [0, 0.05) is 37.1 Å². The smallest absolute Gasteiger partial charge is 0.233 e. The molecule has 142 valence electrons. The van der Waals surface area contributed by atoms with Crippen molar-refractivity contribution in [3.63, 3.8) is 0 Å². The summed E-state index contributed by atoms with van der Waals surface area (Å²) in [6.45, 7) is 2.45. The molecule has 0 radical (unpaired) electrons. The van der Waals surface area contributed by atoms with E-state index in [1.165, 1.54) is 0 Å². The number of aliphatic hydroxyl groups is 1. The zero-order valence-electron chi connectivity index (χ0n) is 15.5. The van der Waals surface area contributed by atoms with Crippen LogP contribution in [0.15, 0.2) is 36.7 Å². The van der Waals surface area contributed by atoms with Crippen LogP contribution >= 0.6 is 0 Å². The lowest BCUT2D eigenvalue weighted by molar-refractivity contribution is -0.130. The SMILES string of the molecule is O=C1N(c2ccc(-c3cn[nH]c3)cc2)CCC12CCN(C(O)C1CC1)CC2. The van der Waals surface area contributed by atoms with Gasteiger partial charge < -0.3 is 10.0 Å². The van der Waals surface area contributed by atoms with Crippen LogP contribution in [0.5, 0.6) is 0 Å². The summed E-state index contributed by atoms with van der Waals surface area (Å²) in [5.41, 5.74) is 2.89. The van der Waals surface area contributed by atoms with Crippen molar-refractivity contribution in [3.05, 3.63) is 36.7 Å². The Balaban J connectivity index is 1.27. The Morgan fingerprint density at radius 1 is 1.07 bits per heavy atom. The molecular weight excluding hydrogens is 340 g/mol. The summed E-state index contributed by atoms with van der Waals surface area (Å²) in [4.78, 5) is 17.4. The summed E-state index contributed by atoms with van der Waals surface area (Å²) in [5.74, 6) is 0.725. The average Bonchev–Trinajstić information content (AvgIpc) is 3.33. The lowest BCUT2D eigenvalue weighted by Gasteiger charge is -2.40. The van der Waals surface area contributed by atoms with Crippen LogP contribution in [0.1, 0.15) is 32.1 Å². The molecule has 2 aliphatic heterocycles. The number of carbonyl (C=O) groups is 1. The molecular formula is C21H26N4O2. The summed E-state index contributed by atoms with van der Waals surface area (Å²) in [6, 6.07) is 8.16. The second-order valence-electron chi connectivity index (χ2n) is 8.31. The maximum Gasteiger partial charge on any atom is 0.233 e. The summed E-state index contributed by atoms with van der Waals surface area (Å²) in [7, 11) is 0. The van der Waals surface area contributed by atoms with Gasteiger partial charge in [0.1, 0.15) is 6.23 Å². The third kappa shape index (κ3) is 2.97. The highest BCUT2D eigenvalue weighted by Gasteiger charge is 2.49. The van der Waals surface area contributed by atoms with Gasteiger partial charge in [0.2, 0.25) is 5.91 Å². The van der Waals surface area contributed by atoms with Gasteiger partial charge in [-0.05, 0) is 55.7 Å². The van der Waals surface area contributed by atoms with Crippen molar-refractivity contribution in [1.29, 1.82) is 0 Å². The molecule has 1 unspecified atom stereocenters. The maximum atomic E-state index is 13.2. The Kier molecular flexibility index (Phi) is 4.06. The zero-order valence-corrected chi connectivity index (χ0v) is 15.5.